The van der Waals surface area contributed by atoms with E-state index in [9.17, 15) is 4.79 Å². The fraction of sp³-hybridized carbons (Fsp3) is 0.111. The number of hydrogen-bond acceptors (Lipinski definition) is 6. The zero-order chi connectivity index (χ0) is 12.0. The van der Waals surface area contributed by atoms with Gasteiger partial charge in [-0.05, 0) is 19.1 Å². The van der Waals surface area contributed by atoms with E-state index in [1.165, 1.54) is 15.9 Å². The largest absolute Gasteiger partial charge is 0.391 e. The average molecular weight is 248 g/mol. The van der Waals surface area contributed by atoms with Crippen molar-refractivity contribution in [3.8, 4) is 10.7 Å². The first-order valence-corrected chi connectivity index (χ1v) is 5.65. The number of rotatable bonds is 1. The summed E-state index contributed by atoms with van der Waals surface area (Å²) in [6, 6.07) is 3.64. The van der Waals surface area contributed by atoms with Crippen molar-refractivity contribution in [2.24, 2.45) is 0 Å². The van der Waals surface area contributed by atoms with Crippen LogP contribution in [0.1, 0.15) is 5.69 Å². The van der Waals surface area contributed by atoms with Gasteiger partial charge in [0.25, 0.3) is 11.3 Å². The van der Waals surface area contributed by atoms with Crippen molar-refractivity contribution >= 4 is 22.1 Å². The van der Waals surface area contributed by atoms with Crippen molar-refractivity contribution in [2.75, 3.05) is 5.73 Å². The molecule has 0 radical (unpaired) electrons. The van der Waals surface area contributed by atoms with Gasteiger partial charge < -0.3 is 5.73 Å². The molecule has 17 heavy (non-hydrogen) atoms. The predicted molar refractivity (Wildman–Crippen MR) is 63.9 cm³/mol. The van der Waals surface area contributed by atoms with Crippen LogP contribution < -0.4 is 11.3 Å². The molecule has 0 bridgehead atoms. The summed E-state index contributed by atoms with van der Waals surface area (Å²) in [5, 5.41) is 12.7. The molecule has 8 heteroatoms. The van der Waals surface area contributed by atoms with Crippen molar-refractivity contribution < 1.29 is 0 Å². The second-order valence-corrected chi connectivity index (χ2v) is 4.62. The Morgan fingerprint density at radius 1 is 1.41 bits per heavy atom. The van der Waals surface area contributed by atoms with Gasteiger partial charge >= 0.3 is 0 Å². The molecule has 0 amide bonds. The number of nitrogen functional groups attached to an aromatic ring is 1. The zero-order valence-electron chi connectivity index (χ0n) is 8.84. The monoisotopic (exact) mass is 248 g/mol. The highest BCUT2D eigenvalue weighted by Gasteiger charge is 2.12. The number of aromatic nitrogens is 5. The topological polar surface area (TPSA) is 102 Å². The van der Waals surface area contributed by atoms with Crippen molar-refractivity contribution in [3.05, 3.63) is 28.2 Å². The smallest absolute Gasteiger partial charge is 0.273 e. The van der Waals surface area contributed by atoms with Gasteiger partial charge in [0.15, 0.2) is 5.82 Å². The first-order valence-electron chi connectivity index (χ1n) is 4.83. The van der Waals surface area contributed by atoms with Gasteiger partial charge in [-0.15, -0.1) is 21.5 Å². The van der Waals surface area contributed by atoms with Crippen LogP contribution in [0.4, 0.5) is 5.00 Å². The quantitative estimate of drug-likeness (QED) is 0.650. The van der Waals surface area contributed by atoms with Gasteiger partial charge in [-0.25, -0.2) is 0 Å². The Morgan fingerprint density at radius 2 is 2.24 bits per heavy atom. The number of H-pyrrole nitrogens is 1. The molecule has 0 aliphatic heterocycles. The van der Waals surface area contributed by atoms with Crippen LogP contribution in [0, 0.1) is 6.92 Å². The summed E-state index contributed by atoms with van der Waals surface area (Å²) in [6.07, 6.45) is 0. The molecule has 0 fully saturated rings. The average Bonchev–Trinajstić information content (AvgIpc) is 2.86. The minimum absolute atomic E-state index is 0.262. The number of aryl methyl sites for hydroxylation is 1. The van der Waals surface area contributed by atoms with Crippen LogP contribution in [-0.4, -0.2) is 24.8 Å². The molecule has 0 saturated carbocycles. The standard InChI is InChI=1S/C9H8N6OS/c1-4-8(16)11-9-13-12-7(15(9)14-4)5-2-3-6(10)17-5/h2-3H,10H2,1H3,(H,11,13,16). The molecule has 3 heterocycles. The van der Waals surface area contributed by atoms with Crippen LogP contribution in [0.15, 0.2) is 16.9 Å². The second kappa shape index (κ2) is 3.39. The van der Waals surface area contributed by atoms with E-state index in [-0.39, 0.29) is 5.56 Å². The molecule has 0 aliphatic carbocycles. The third kappa shape index (κ3) is 1.49. The van der Waals surface area contributed by atoms with Crippen LogP contribution in [0.2, 0.25) is 0 Å². The summed E-state index contributed by atoms with van der Waals surface area (Å²) >= 11 is 1.39. The summed E-state index contributed by atoms with van der Waals surface area (Å²) in [4.78, 5) is 14.8. The Balaban J connectivity index is 2.31. The van der Waals surface area contributed by atoms with E-state index in [0.717, 1.165) is 4.88 Å². The molecule has 7 nitrogen and oxygen atoms in total. The van der Waals surface area contributed by atoms with Crippen molar-refractivity contribution in [2.45, 2.75) is 6.92 Å². The molecular formula is C9H8N6OS. The van der Waals surface area contributed by atoms with Crippen molar-refractivity contribution in [3.63, 3.8) is 0 Å². The highest BCUT2D eigenvalue weighted by atomic mass is 32.1. The van der Waals surface area contributed by atoms with Crippen LogP contribution in [0.3, 0.4) is 0 Å². The Kier molecular flexibility index (Phi) is 1.99. The number of fused-ring (bicyclic) bond motifs is 1. The number of nitrogens with two attached hydrogens (primary N) is 1. The minimum Gasteiger partial charge on any atom is -0.391 e. The molecular weight excluding hydrogens is 240 g/mol. The van der Waals surface area contributed by atoms with E-state index in [2.05, 4.69) is 20.3 Å². The van der Waals surface area contributed by atoms with Gasteiger partial charge in [-0.2, -0.15) is 9.61 Å². The number of hydrogen-bond donors (Lipinski definition) is 2. The van der Waals surface area contributed by atoms with Crippen molar-refractivity contribution in [1.29, 1.82) is 0 Å². The van der Waals surface area contributed by atoms with Gasteiger partial charge in [0.1, 0.15) is 5.69 Å². The Morgan fingerprint density at radius 3 is 2.94 bits per heavy atom. The minimum atomic E-state index is -0.262. The van der Waals surface area contributed by atoms with Gasteiger partial charge in [0.05, 0.1) is 9.88 Å². The van der Waals surface area contributed by atoms with E-state index < -0.39 is 0 Å². The van der Waals surface area contributed by atoms with Gasteiger partial charge in [-0.1, -0.05) is 0 Å². The summed E-state index contributed by atoms with van der Waals surface area (Å²) < 4.78 is 1.50. The number of anilines is 1. The zero-order valence-corrected chi connectivity index (χ0v) is 9.65. The lowest BCUT2D eigenvalue weighted by Gasteiger charge is -1.96. The predicted octanol–water partition coefficient (Wildman–Crippen LogP) is 0.432. The maximum atomic E-state index is 11.4. The molecule has 3 aromatic heterocycles. The lowest BCUT2D eigenvalue weighted by atomic mass is 10.4. The number of nitrogens with one attached hydrogen (secondary N) is 1. The van der Waals surface area contributed by atoms with E-state index >= 15 is 0 Å². The lowest BCUT2D eigenvalue weighted by molar-refractivity contribution is 0.855. The highest BCUT2D eigenvalue weighted by Crippen LogP contribution is 2.27. The first-order chi connectivity index (χ1) is 8.15. The van der Waals surface area contributed by atoms with E-state index in [1.807, 2.05) is 6.07 Å². The number of aromatic amines is 1. The van der Waals surface area contributed by atoms with Crippen molar-refractivity contribution in [1.82, 2.24) is 24.8 Å². The summed E-state index contributed by atoms with van der Waals surface area (Å²) in [7, 11) is 0. The molecule has 0 aliphatic rings. The third-order valence-corrected chi connectivity index (χ3v) is 3.20. The molecule has 3 aromatic rings. The van der Waals surface area contributed by atoms with Crippen LogP contribution >= 0.6 is 11.3 Å². The second-order valence-electron chi connectivity index (χ2n) is 3.50. The molecule has 0 unspecified atom stereocenters. The molecule has 3 N–H and O–H groups in total. The Bertz CT molecular complexity index is 754. The fourth-order valence-corrected chi connectivity index (χ4v) is 2.21. The van der Waals surface area contributed by atoms with Crippen LogP contribution in [-0.2, 0) is 0 Å². The normalized spacial score (nSPS) is 11.1. The summed E-state index contributed by atoms with van der Waals surface area (Å²) in [5.74, 6) is 0.892. The summed E-state index contributed by atoms with van der Waals surface area (Å²) in [6.45, 7) is 1.63. The number of nitrogens with zero attached hydrogens (tertiary/aromatic N) is 4. The maximum Gasteiger partial charge on any atom is 0.273 e. The Labute approximate surface area is 98.9 Å². The first kappa shape index (κ1) is 9.97. The molecule has 0 aromatic carbocycles. The molecule has 3 rings (SSSR count). The third-order valence-electron chi connectivity index (χ3n) is 2.29. The van der Waals surface area contributed by atoms with E-state index in [0.29, 0.717) is 22.3 Å². The van der Waals surface area contributed by atoms with E-state index in [4.69, 9.17) is 5.73 Å². The number of thiophene rings is 1. The SMILES string of the molecule is Cc1nn2c(-c3ccc(N)s3)nnc2[nH]c1=O. The van der Waals surface area contributed by atoms with Gasteiger partial charge in [0, 0.05) is 0 Å². The fourth-order valence-electron chi connectivity index (χ4n) is 1.47. The summed E-state index contributed by atoms with van der Waals surface area (Å²) in [5.41, 5.74) is 5.77. The van der Waals surface area contributed by atoms with Crippen LogP contribution in [0.25, 0.3) is 16.5 Å². The maximum absolute atomic E-state index is 11.4. The van der Waals surface area contributed by atoms with Crippen LogP contribution in [0.5, 0.6) is 0 Å². The van der Waals surface area contributed by atoms with E-state index in [1.54, 1.807) is 13.0 Å². The molecule has 0 spiro atoms. The molecule has 0 saturated heterocycles. The lowest BCUT2D eigenvalue weighted by Crippen LogP contribution is -2.15. The highest BCUT2D eigenvalue weighted by molar-refractivity contribution is 7.19. The Hall–Kier alpha value is -2.22. The van der Waals surface area contributed by atoms with Gasteiger partial charge in [0.2, 0.25) is 0 Å². The molecule has 86 valence electrons. The molecule has 0 atom stereocenters. The van der Waals surface area contributed by atoms with Gasteiger partial charge in [-0.3, -0.25) is 9.78 Å².